The lowest BCUT2D eigenvalue weighted by Gasteiger charge is -2.24. The highest BCUT2D eigenvalue weighted by Crippen LogP contribution is 2.31. The molecule has 1 atom stereocenters. The fourth-order valence-corrected chi connectivity index (χ4v) is 1.15. The van der Waals surface area contributed by atoms with E-state index in [9.17, 15) is 27.2 Å². The number of nitrogens with one attached hydrogen (secondary N) is 1. The van der Waals surface area contributed by atoms with Crippen molar-refractivity contribution in [3.8, 4) is 0 Å². The number of amides is 1. The Bertz CT molecular complexity index is 554. The molecule has 1 aromatic rings. The highest BCUT2D eigenvalue weighted by atomic mass is 19.4. The fraction of sp³-hybridized carbons (Fsp3) is 0.273. The van der Waals surface area contributed by atoms with E-state index in [4.69, 9.17) is 10.2 Å². The van der Waals surface area contributed by atoms with Crippen LogP contribution in [0.3, 0.4) is 0 Å². The molecule has 0 aliphatic rings. The minimum atomic E-state index is -5.21. The molecule has 0 radical (unpaired) electrons. The molecule has 0 bridgehead atoms. The van der Waals surface area contributed by atoms with Crippen LogP contribution in [0, 0.1) is 5.82 Å². The molecule has 0 aromatic heterocycles. The molecule has 3 N–H and O–H groups in total. The van der Waals surface area contributed by atoms with Crippen molar-refractivity contribution in [2.45, 2.75) is 18.7 Å². The molecule has 0 aliphatic heterocycles. The van der Waals surface area contributed by atoms with Gasteiger partial charge in [-0.05, 0) is 25.1 Å². The smallest absolute Gasteiger partial charge is 0.426 e. The van der Waals surface area contributed by atoms with Gasteiger partial charge in [-0.15, -0.1) is 0 Å². The zero-order valence-corrected chi connectivity index (χ0v) is 9.95. The zero-order valence-electron chi connectivity index (χ0n) is 9.95. The molecule has 0 heterocycles. The minimum absolute atomic E-state index is 0.240. The second-order valence-corrected chi connectivity index (χ2v) is 4.02. The van der Waals surface area contributed by atoms with Crippen LogP contribution >= 0.6 is 0 Å². The second-order valence-electron chi connectivity index (χ2n) is 4.02. The molecule has 5 nitrogen and oxygen atoms in total. The van der Waals surface area contributed by atoms with E-state index < -0.39 is 40.7 Å². The number of anilines is 1. The van der Waals surface area contributed by atoms with E-state index in [1.165, 1.54) is 0 Å². The molecule has 1 unspecified atom stereocenters. The number of aliphatic hydroxyl groups is 1. The van der Waals surface area contributed by atoms with Crippen LogP contribution in [0.5, 0.6) is 0 Å². The number of carboxylic acid groups (broad SMARTS) is 1. The third-order valence-electron chi connectivity index (χ3n) is 2.45. The number of carbonyl (C=O) groups is 2. The van der Waals surface area contributed by atoms with Crippen LogP contribution in [0.2, 0.25) is 0 Å². The van der Waals surface area contributed by atoms with Gasteiger partial charge in [-0.2, -0.15) is 13.2 Å². The molecule has 1 aromatic carbocycles. The largest absolute Gasteiger partial charge is 0.478 e. The molecule has 0 spiro atoms. The van der Waals surface area contributed by atoms with Gasteiger partial charge >= 0.3 is 12.1 Å². The van der Waals surface area contributed by atoms with Crippen molar-refractivity contribution in [1.82, 2.24) is 0 Å². The van der Waals surface area contributed by atoms with Crippen LogP contribution in [-0.4, -0.2) is 33.9 Å². The van der Waals surface area contributed by atoms with Gasteiger partial charge < -0.3 is 15.5 Å². The van der Waals surface area contributed by atoms with Crippen molar-refractivity contribution in [2.24, 2.45) is 0 Å². The molecule has 0 fully saturated rings. The van der Waals surface area contributed by atoms with Crippen LogP contribution in [0.15, 0.2) is 18.2 Å². The summed E-state index contributed by atoms with van der Waals surface area (Å²) in [7, 11) is 0. The lowest BCUT2D eigenvalue weighted by molar-refractivity contribution is -0.242. The third kappa shape index (κ3) is 3.05. The number of carboxylic acids is 1. The van der Waals surface area contributed by atoms with Gasteiger partial charge in [-0.3, -0.25) is 4.79 Å². The van der Waals surface area contributed by atoms with Crippen molar-refractivity contribution < 1.29 is 37.4 Å². The summed E-state index contributed by atoms with van der Waals surface area (Å²) in [6, 6.07) is 2.21. The van der Waals surface area contributed by atoms with Crippen molar-refractivity contribution in [1.29, 1.82) is 0 Å². The zero-order chi connectivity index (χ0) is 15.7. The Balaban J connectivity index is 2.98. The quantitative estimate of drug-likeness (QED) is 0.742. The van der Waals surface area contributed by atoms with E-state index >= 15 is 0 Å². The molecular weight excluding hydrogens is 286 g/mol. The van der Waals surface area contributed by atoms with Crippen LogP contribution in [0.25, 0.3) is 0 Å². The Morgan fingerprint density at radius 1 is 1.25 bits per heavy atom. The van der Waals surface area contributed by atoms with Crippen molar-refractivity contribution in [3.05, 3.63) is 29.6 Å². The molecule has 0 saturated heterocycles. The number of rotatable bonds is 3. The van der Waals surface area contributed by atoms with Crippen LogP contribution < -0.4 is 5.32 Å². The van der Waals surface area contributed by atoms with Crippen molar-refractivity contribution in [2.75, 3.05) is 5.32 Å². The second kappa shape index (κ2) is 5.08. The molecule has 9 heteroatoms. The summed E-state index contributed by atoms with van der Waals surface area (Å²) in [5.74, 6) is -4.61. The average molecular weight is 295 g/mol. The molecular formula is C11H9F4NO4. The van der Waals surface area contributed by atoms with Gasteiger partial charge in [0.1, 0.15) is 5.82 Å². The van der Waals surface area contributed by atoms with E-state index in [2.05, 4.69) is 0 Å². The molecule has 110 valence electrons. The Morgan fingerprint density at radius 2 is 1.80 bits per heavy atom. The fourth-order valence-electron chi connectivity index (χ4n) is 1.15. The Morgan fingerprint density at radius 3 is 2.20 bits per heavy atom. The number of aromatic carboxylic acids is 1. The van der Waals surface area contributed by atoms with Gasteiger partial charge in [-0.1, -0.05) is 0 Å². The van der Waals surface area contributed by atoms with Crippen LogP contribution in [0.1, 0.15) is 17.3 Å². The summed E-state index contributed by atoms with van der Waals surface area (Å²) in [5, 5.41) is 19.3. The Labute approximate surface area is 109 Å². The first-order valence-corrected chi connectivity index (χ1v) is 5.10. The van der Waals surface area contributed by atoms with E-state index in [0.717, 1.165) is 12.1 Å². The summed E-state index contributed by atoms with van der Waals surface area (Å²) in [4.78, 5) is 21.8. The van der Waals surface area contributed by atoms with Gasteiger partial charge in [0.2, 0.25) is 5.60 Å². The highest BCUT2D eigenvalue weighted by molar-refractivity contribution is 5.98. The summed E-state index contributed by atoms with van der Waals surface area (Å²) in [6.07, 6.45) is -5.21. The van der Waals surface area contributed by atoms with Gasteiger partial charge in [0, 0.05) is 5.69 Å². The maximum Gasteiger partial charge on any atom is 0.426 e. The lowest BCUT2D eigenvalue weighted by Crippen LogP contribution is -2.52. The number of benzene rings is 1. The summed E-state index contributed by atoms with van der Waals surface area (Å²) in [6.45, 7) is 0.240. The maximum absolute atomic E-state index is 13.3. The predicted molar refractivity (Wildman–Crippen MR) is 58.7 cm³/mol. The van der Waals surface area contributed by atoms with Gasteiger partial charge in [-0.25, -0.2) is 9.18 Å². The SMILES string of the molecule is CC(O)(C(=O)Nc1ccc(C(=O)O)c(F)c1)C(F)(F)F. The molecule has 20 heavy (non-hydrogen) atoms. The predicted octanol–water partition coefficient (Wildman–Crippen LogP) is 1.78. The molecule has 0 aliphatic carbocycles. The minimum Gasteiger partial charge on any atom is -0.478 e. The maximum atomic E-state index is 13.3. The summed E-state index contributed by atoms with van der Waals surface area (Å²) in [5.41, 5.74) is -4.78. The Hall–Kier alpha value is -2.16. The first-order valence-electron chi connectivity index (χ1n) is 5.10. The topological polar surface area (TPSA) is 86.6 Å². The third-order valence-corrected chi connectivity index (χ3v) is 2.45. The van der Waals surface area contributed by atoms with E-state index in [1.54, 1.807) is 5.32 Å². The number of halogens is 4. The van der Waals surface area contributed by atoms with Crippen LogP contribution in [0.4, 0.5) is 23.2 Å². The van der Waals surface area contributed by atoms with Gasteiger partial charge in [0.25, 0.3) is 5.91 Å². The summed E-state index contributed by atoms with van der Waals surface area (Å²) < 4.78 is 50.4. The first-order chi connectivity index (χ1) is 8.96. The monoisotopic (exact) mass is 295 g/mol. The standard InChI is InChI=1S/C11H9F4NO4/c1-10(20,11(13,14)15)9(19)16-5-2-3-6(8(17)18)7(12)4-5/h2-4,20H,1H3,(H,16,19)(H,17,18). The number of hydrogen-bond acceptors (Lipinski definition) is 3. The van der Waals surface area contributed by atoms with E-state index in [1.807, 2.05) is 0 Å². The molecule has 0 saturated carbocycles. The van der Waals surface area contributed by atoms with Crippen molar-refractivity contribution in [3.63, 3.8) is 0 Å². The first kappa shape index (κ1) is 15.9. The number of hydrogen-bond donors (Lipinski definition) is 3. The van der Waals surface area contributed by atoms with E-state index in [0.29, 0.717) is 6.07 Å². The molecule has 1 amide bonds. The number of alkyl halides is 3. The molecule has 1 rings (SSSR count). The normalized spacial score (nSPS) is 14.5. The average Bonchev–Trinajstić information content (AvgIpc) is 2.26. The van der Waals surface area contributed by atoms with Gasteiger partial charge in [0.05, 0.1) is 5.56 Å². The highest BCUT2D eigenvalue weighted by Gasteiger charge is 2.55. The van der Waals surface area contributed by atoms with Crippen molar-refractivity contribution >= 4 is 17.6 Å². The number of carbonyl (C=O) groups excluding carboxylic acids is 1. The Kier molecular flexibility index (Phi) is 4.04. The summed E-state index contributed by atoms with van der Waals surface area (Å²) >= 11 is 0. The van der Waals surface area contributed by atoms with E-state index in [-0.39, 0.29) is 6.92 Å². The lowest BCUT2D eigenvalue weighted by atomic mass is 10.1. The van der Waals surface area contributed by atoms with Gasteiger partial charge in [0.15, 0.2) is 0 Å². The van der Waals surface area contributed by atoms with Crippen LogP contribution in [-0.2, 0) is 4.79 Å².